The van der Waals surface area contributed by atoms with Gasteiger partial charge in [0, 0.05) is 25.2 Å². The Hall–Kier alpha value is -0.170. The first-order valence-electron chi connectivity index (χ1n) is 7.78. The predicted octanol–water partition coefficient (Wildman–Crippen LogP) is 1.43. The number of rotatable bonds is 5. The molecule has 1 heterocycles. The smallest absolute Gasteiger partial charge is 0.279 e. The molecule has 0 amide bonds. The Bertz CT molecular complexity index is 416. The van der Waals surface area contributed by atoms with Gasteiger partial charge in [0.25, 0.3) is 10.2 Å². The van der Waals surface area contributed by atoms with Crippen molar-refractivity contribution in [2.24, 2.45) is 5.92 Å². The number of nitrogens with zero attached hydrogens (tertiary/aromatic N) is 2. The fraction of sp³-hybridized carbons (Fsp3) is 1.00. The Morgan fingerprint density at radius 3 is 2.45 bits per heavy atom. The molecule has 5 nitrogen and oxygen atoms in total. The van der Waals surface area contributed by atoms with E-state index in [1.54, 1.807) is 4.31 Å². The Morgan fingerprint density at radius 1 is 1.25 bits per heavy atom. The van der Waals surface area contributed by atoms with Gasteiger partial charge in [0.15, 0.2) is 0 Å². The van der Waals surface area contributed by atoms with E-state index >= 15 is 0 Å². The van der Waals surface area contributed by atoms with Gasteiger partial charge in [-0.25, -0.2) is 4.72 Å². The first-order valence-corrected chi connectivity index (χ1v) is 9.22. The van der Waals surface area contributed by atoms with Gasteiger partial charge in [-0.2, -0.15) is 12.7 Å². The van der Waals surface area contributed by atoms with Crippen molar-refractivity contribution in [1.29, 1.82) is 0 Å². The molecule has 0 aromatic carbocycles. The standard InChI is InChI=1S/C14H29N3O2S/c1-13-7-6-10-17(11-13)20(18,19)15-12-14(16(2)3)8-4-5-9-14/h13,15H,4-12H2,1-3H3/t13-/m1/s1. The van der Waals surface area contributed by atoms with Crippen molar-refractivity contribution in [3.05, 3.63) is 0 Å². The molecule has 2 rings (SSSR count). The molecular weight excluding hydrogens is 274 g/mol. The molecule has 118 valence electrons. The van der Waals surface area contributed by atoms with Crippen molar-refractivity contribution in [3.8, 4) is 0 Å². The zero-order valence-corrected chi connectivity index (χ0v) is 13.9. The Balaban J connectivity index is 1.97. The summed E-state index contributed by atoms with van der Waals surface area (Å²) in [6.45, 7) is 3.98. The van der Waals surface area contributed by atoms with E-state index < -0.39 is 10.2 Å². The first-order chi connectivity index (χ1) is 9.36. The van der Waals surface area contributed by atoms with Gasteiger partial charge in [-0.3, -0.25) is 0 Å². The van der Waals surface area contributed by atoms with E-state index in [0.29, 0.717) is 25.6 Å². The van der Waals surface area contributed by atoms with E-state index in [9.17, 15) is 8.42 Å². The van der Waals surface area contributed by atoms with Crippen LogP contribution in [-0.4, -0.2) is 56.9 Å². The summed E-state index contributed by atoms with van der Waals surface area (Å²) in [6, 6.07) is 0. The lowest BCUT2D eigenvalue weighted by Crippen LogP contribution is -2.54. The molecule has 2 fully saturated rings. The summed E-state index contributed by atoms with van der Waals surface area (Å²) in [7, 11) is 0.798. The molecule has 0 bridgehead atoms. The lowest BCUT2D eigenvalue weighted by Gasteiger charge is -2.37. The highest BCUT2D eigenvalue weighted by Gasteiger charge is 2.38. The summed E-state index contributed by atoms with van der Waals surface area (Å²) in [5.74, 6) is 0.467. The maximum absolute atomic E-state index is 12.4. The van der Waals surface area contributed by atoms with Gasteiger partial charge in [-0.05, 0) is 45.7 Å². The lowest BCUT2D eigenvalue weighted by atomic mass is 9.97. The van der Waals surface area contributed by atoms with Crippen molar-refractivity contribution < 1.29 is 8.42 Å². The second-order valence-corrected chi connectivity index (χ2v) is 8.51. The monoisotopic (exact) mass is 303 g/mol. The molecule has 0 aromatic heterocycles. The number of likely N-dealkylation sites (N-methyl/N-ethyl adjacent to an activating group) is 1. The first kappa shape index (κ1) is 16.2. The van der Waals surface area contributed by atoms with Crippen LogP contribution < -0.4 is 4.72 Å². The molecule has 1 aliphatic carbocycles. The summed E-state index contributed by atoms with van der Waals surface area (Å²) in [5.41, 5.74) is 0.00841. The fourth-order valence-corrected chi connectivity index (χ4v) is 4.95. The molecule has 0 spiro atoms. The van der Waals surface area contributed by atoms with Crippen molar-refractivity contribution in [1.82, 2.24) is 13.9 Å². The zero-order chi connectivity index (χ0) is 14.8. The molecule has 0 radical (unpaired) electrons. The quantitative estimate of drug-likeness (QED) is 0.836. The minimum Gasteiger partial charge on any atom is -0.302 e. The van der Waals surface area contributed by atoms with Crippen LogP contribution in [0, 0.1) is 5.92 Å². The summed E-state index contributed by atoms with van der Waals surface area (Å²) in [5, 5.41) is 0. The molecule has 1 N–H and O–H groups in total. The van der Waals surface area contributed by atoms with Crippen molar-refractivity contribution in [2.75, 3.05) is 33.7 Å². The molecule has 20 heavy (non-hydrogen) atoms. The second kappa shape index (κ2) is 6.30. The van der Waals surface area contributed by atoms with Crippen LogP contribution in [0.2, 0.25) is 0 Å². The molecule has 0 unspecified atom stereocenters. The molecule has 6 heteroatoms. The van der Waals surface area contributed by atoms with E-state index in [4.69, 9.17) is 0 Å². The van der Waals surface area contributed by atoms with Gasteiger partial charge in [0.2, 0.25) is 0 Å². The van der Waals surface area contributed by atoms with Crippen LogP contribution >= 0.6 is 0 Å². The number of piperidine rings is 1. The third-order valence-corrected chi connectivity index (χ3v) is 6.55. The van der Waals surface area contributed by atoms with Crippen LogP contribution in [0.1, 0.15) is 45.4 Å². The lowest BCUT2D eigenvalue weighted by molar-refractivity contribution is 0.160. The van der Waals surface area contributed by atoms with Gasteiger partial charge in [0.05, 0.1) is 0 Å². The van der Waals surface area contributed by atoms with Crippen LogP contribution in [0.25, 0.3) is 0 Å². The largest absolute Gasteiger partial charge is 0.302 e. The summed E-state index contributed by atoms with van der Waals surface area (Å²) in [4.78, 5) is 2.20. The predicted molar refractivity (Wildman–Crippen MR) is 81.8 cm³/mol. The van der Waals surface area contributed by atoms with E-state index in [1.165, 1.54) is 12.8 Å². The topological polar surface area (TPSA) is 52.7 Å². The summed E-state index contributed by atoms with van der Waals surface area (Å²) in [6.07, 6.45) is 6.66. The van der Waals surface area contributed by atoms with E-state index in [-0.39, 0.29) is 5.54 Å². The normalized spacial score (nSPS) is 28.1. The minimum atomic E-state index is -3.32. The highest BCUT2D eigenvalue weighted by molar-refractivity contribution is 7.87. The number of hydrogen-bond donors (Lipinski definition) is 1. The highest BCUT2D eigenvalue weighted by atomic mass is 32.2. The van der Waals surface area contributed by atoms with E-state index in [1.807, 2.05) is 0 Å². The Kier molecular flexibility index (Phi) is 5.10. The molecule has 1 saturated heterocycles. The molecule has 2 aliphatic rings. The Morgan fingerprint density at radius 2 is 1.90 bits per heavy atom. The van der Waals surface area contributed by atoms with E-state index in [0.717, 1.165) is 25.7 Å². The summed E-state index contributed by atoms with van der Waals surface area (Å²) >= 11 is 0. The van der Waals surface area contributed by atoms with Crippen molar-refractivity contribution >= 4 is 10.2 Å². The second-order valence-electron chi connectivity index (χ2n) is 6.76. The maximum atomic E-state index is 12.4. The molecule has 0 aromatic rings. The van der Waals surface area contributed by atoms with Crippen molar-refractivity contribution in [2.45, 2.75) is 51.0 Å². The molecule has 1 saturated carbocycles. The van der Waals surface area contributed by atoms with Gasteiger partial charge < -0.3 is 4.90 Å². The fourth-order valence-electron chi connectivity index (χ4n) is 3.50. The van der Waals surface area contributed by atoms with Gasteiger partial charge >= 0.3 is 0 Å². The van der Waals surface area contributed by atoms with E-state index in [2.05, 4.69) is 30.6 Å². The third-order valence-electron chi connectivity index (χ3n) is 5.03. The SMILES string of the molecule is C[C@@H]1CCCN(S(=O)(=O)NCC2(N(C)C)CCCC2)C1. The average molecular weight is 303 g/mol. The minimum absolute atomic E-state index is 0.00841. The van der Waals surface area contributed by atoms with Crippen molar-refractivity contribution in [3.63, 3.8) is 0 Å². The maximum Gasteiger partial charge on any atom is 0.279 e. The number of hydrogen-bond acceptors (Lipinski definition) is 3. The van der Waals surface area contributed by atoms with Gasteiger partial charge in [-0.15, -0.1) is 0 Å². The summed E-state index contributed by atoms with van der Waals surface area (Å²) < 4.78 is 29.4. The van der Waals surface area contributed by atoms with Gasteiger partial charge in [0.1, 0.15) is 0 Å². The van der Waals surface area contributed by atoms with Gasteiger partial charge in [-0.1, -0.05) is 19.8 Å². The van der Waals surface area contributed by atoms with Crippen LogP contribution in [0.15, 0.2) is 0 Å². The zero-order valence-electron chi connectivity index (χ0n) is 13.1. The van der Waals surface area contributed by atoms with Crippen LogP contribution in [0.3, 0.4) is 0 Å². The van der Waals surface area contributed by atoms with Crippen LogP contribution in [0.4, 0.5) is 0 Å². The highest BCUT2D eigenvalue weighted by Crippen LogP contribution is 2.33. The third kappa shape index (κ3) is 3.53. The Labute approximate surface area is 123 Å². The number of nitrogens with one attached hydrogen (secondary N) is 1. The average Bonchev–Trinajstić information content (AvgIpc) is 2.87. The molecule has 1 atom stereocenters. The molecular formula is C14H29N3O2S. The van der Waals surface area contributed by atoms with Crippen LogP contribution in [0.5, 0.6) is 0 Å². The molecule has 1 aliphatic heterocycles. The van der Waals surface area contributed by atoms with Crippen LogP contribution in [-0.2, 0) is 10.2 Å².